The van der Waals surface area contributed by atoms with E-state index in [1.807, 2.05) is 46.8 Å². The Kier molecular flexibility index (Phi) is 6.60. The van der Waals surface area contributed by atoms with E-state index < -0.39 is 16.9 Å². The molecule has 0 amide bonds. The Balaban J connectivity index is 2.11. The van der Waals surface area contributed by atoms with Gasteiger partial charge >= 0.3 is 11.3 Å². The van der Waals surface area contributed by atoms with Crippen molar-refractivity contribution in [2.45, 2.75) is 71.2 Å². The molecule has 0 radical (unpaired) electrons. The van der Waals surface area contributed by atoms with E-state index in [0.29, 0.717) is 37.0 Å². The monoisotopic (exact) mass is 431 g/mol. The summed E-state index contributed by atoms with van der Waals surface area (Å²) in [6.07, 6.45) is 2.23. The number of thioether (sulfide) groups is 1. The molecule has 0 atom stereocenters. The molecule has 0 aromatic heterocycles. The van der Waals surface area contributed by atoms with E-state index in [1.165, 1.54) is 7.11 Å². The maximum absolute atomic E-state index is 13.1. The minimum absolute atomic E-state index is 0.0742. The van der Waals surface area contributed by atoms with Crippen LogP contribution >= 0.6 is 11.8 Å². The van der Waals surface area contributed by atoms with E-state index >= 15 is 0 Å². The van der Waals surface area contributed by atoms with Crippen LogP contribution in [0.15, 0.2) is 23.0 Å². The minimum atomic E-state index is -0.948. The number of carbonyl (C=O) groups is 2. The zero-order chi connectivity index (χ0) is 22.1. The standard InChI is InChI=1S/C23H29NO5S/c1-13(2)30-22(26)28-20-19(18-15(4)11-14(3)12-16(18)5)21(25)29-23(20)9-7-17(8-10-23)24-27-6/h11-13H,7-10H2,1-6H3. The van der Waals surface area contributed by atoms with E-state index in [2.05, 4.69) is 5.16 Å². The predicted octanol–water partition coefficient (Wildman–Crippen LogP) is 5.47. The lowest BCUT2D eigenvalue weighted by Crippen LogP contribution is -2.38. The van der Waals surface area contributed by atoms with Gasteiger partial charge in [-0.25, -0.2) is 9.59 Å². The summed E-state index contributed by atoms with van der Waals surface area (Å²) in [4.78, 5) is 30.6. The Morgan fingerprint density at radius 2 is 1.77 bits per heavy atom. The number of benzene rings is 1. The molecule has 1 aliphatic heterocycles. The van der Waals surface area contributed by atoms with Crippen LogP contribution in [0, 0.1) is 20.8 Å². The second-order valence-electron chi connectivity index (χ2n) is 8.22. The number of aryl methyl sites for hydroxylation is 3. The van der Waals surface area contributed by atoms with Crippen LogP contribution < -0.4 is 0 Å². The van der Waals surface area contributed by atoms with Crippen LogP contribution in [0.3, 0.4) is 0 Å². The molecular formula is C23H29NO5S. The second kappa shape index (κ2) is 8.84. The Morgan fingerprint density at radius 3 is 2.30 bits per heavy atom. The molecule has 0 bridgehead atoms. The molecule has 1 aromatic carbocycles. The highest BCUT2D eigenvalue weighted by molar-refractivity contribution is 8.13. The molecule has 0 unspecified atom stereocenters. The molecule has 6 nitrogen and oxygen atoms in total. The first-order chi connectivity index (χ1) is 14.2. The topological polar surface area (TPSA) is 74.2 Å². The molecule has 1 fully saturated rings. The van der Waals surface area contributed by atoms with Crippen LogP contribution in [0.2, 0.25) is 0 Å². The van der Waals surface area contributed by atoms with Crippen molar-refractivity contribution in [2.24, 2.45) is 5.16 Å². The molecule has 162 valence electrons. The Morgan fingerprint density at radius 1 is 1.17 bits per heavy atom. The Labute approximate surface area is 182 Å². The molecule has 0 saturated heterocycles. The van der Waals surface area contributed by atoms with Gasteiger partial charge in [-0.05, 0) is 74.9 Å². The lowest BCUT2D eigenvalue weighted by molar-refractivity contribution is -0.148. The fraction of sp³-hybridized carbons (Fsp3) is 0.522. The first-order valence-corrected chi connectivity index (χ1v) is 11.1. The smallest absolute Gasteiger partial charge is 0.372 e. The zero-order valence-corrected chi connectivity index (χ0v) is 19.3. The highest BCUT2D eigenvalue weighted by atomic mass is 32.2. The average Bonchev–Trinajstić information content (AvgIpc) is 2.88. The fourth-order valence-corrected chi connectivity index (χ4v) is 4.84. The lowest BCUT2D eigenvalue weighted by atomic mass is 9.81. The molecule has 7 heteroatoms. The third kappa shape index (κ3) is 4.41. The molecule has 1 spiro atoms. The van der Waals surface area contributed by atoms with Gasteiger partial charge in [-0.15, -0.1) is 0 Å². The summed E-state index contributed by atoms with van der Waals surface area (Å²) < 4.78 is 11.8. The first kappa shape index (κ1) is 22.4. The van der Waals surface area contributed by atoms with Gasteiger partial charge in [0.15, 0.2) is 11.4 Å². The van der Waals surface area contributed by atoms with Crippen molar-refractivity contribution in [3.63, 3.8) is 0 Å². The van der Waals surface area contributed by atoms with E-state index in [9.17, 15) is 9.59 Å². The molecule has 1 aliphatic carbocycles. The van der Waals surface area contributed by atoms with E-state index in [0.717, 1.165) is 39.7 Å². The molecule has 1 aromatic rings. The van der Waals surface area contributed by atoms with E-state index in [-0.39, 0.29) is 5.25 Å². The number of nitrogens with zero attached hydrogens (tertiary/aromatic N) is 1. The van der Waals surface area contributed by atoms with Gasteiger partial charge < -0.3 is 14.3 Å². The molecule has 3 rings (SSSR count). The lowest BCUT2D eigenvalue weighted by Gasteiger charge is -2.33. The van der Waals surface area contributed by atoms with Gasteiger partial charge in [-0.3, -0.25) is 0 Å². The van der Waals surface area contributed by atoms with Crippen molar-refractivity contribution in [1.82, 2.24) is 0 Å². The molecule has 2 aliphatic rings. The highest BCUT2D eigenvalue weighted by Crippen LogP contribution is 2.48. The summed E-state index contributed by atoms with van der Waals surface area (Å²) in [5, 5.41) is 3.70. The van der Waals surface area contributed by atoms with Crippen LogP contribution in [0.25, 0.3) is 5.57 Å². The summed E-state index contributed by atoms with van der Waals surface area (Å²) in [5.74, 6) is -0.0910. The summed E-state index contributed by atoms with van der Waals surface area (Å²) in [7, 11) is 1.52. The van der Waals surface area contributed by atoms with Crippen molar-refractivity contribution >= 4 is 34.3 Å². The van der Waals surface area contributed by atoms with Gasteiger partial charge in [-0.1, -0.05) is 36.7 Å². The zero-order valence-electron chi connectivity index (χ0n) is 18.5. The first-order valence-electron chi connectivity index (χ1n) is 10.2. The van der Waals surface area contributed by atoms with Crippen molar-refractivity contribution in [2.75, 3.05) is 7.11 Å². The van der Waals surface area contributed by atoms with Gasteiger partial charge in [0.1, 0.15) is 12.7 Å². The van der Waals surface area contributed by atoms with Crippen LogP contribution in [-0.4, -0.2) is 34.9 Å². The van der Waals surface area contributed by atoms with Crippen LogP contribution in [0.5, 0.6) is 0 Å². The Bertz CT molecular complexity index is 899. The van der Waals surface area contributed by atoms with E-state index in [4.69, 9.17) is 14.3 Å². The number of rotatable bonds is 4. The number of hydrogen-bond acceptors (Lipinski definition) is 7. The van der Waals surface area contributed by atoms with Crippen molar-refractivity contribution in [3.05, 3.63) is 40.1 Å². The van der Waals surface area contributed by atoms with Crippen LogP contribution in [-0.2, 0) is 19.1 Å². The van der Waals surface area contributed by atoms with Crippen molar-refractivity contribution in [3.8, 4) is 0 Å². The molecular weight excluding hydrogens is 402 g/mol. The maximum Gasteiger partial charge on any atom is 0.372 e. The van der Waals surface area contributed by atoms with Crippen molar-refractivity contribution in [1.29, 1.82) is 0 Å². The fourth-order valence-electron chi connectivity index (χ4n) is 4.32. The minimum Gasteiger partial charge on any atom is -0.447 e. The van der Waals surface area contributed by atoms with Gasteiger partial charge in [0, 0.05) is 5.25 Å². The maximum atomic E-state index is 13.1. The quantitative estimate of drug-likeness (QED) is 0.465. The second-order valence-corrected chi connectivity index (χ2v) is 9.73. The summed E-state index contributed by atoms with van der Waals surface area (Å²) >= 11 is 1.10. The largest absolute Gasteiger partial charge is 0.447 e. The predicted molar refractivity (Wildman–Crippen MR) is 119 cm³/mol. The Hall–Kier alpha value is -2.28. The number of carbonyl (C=O) groups excluding carboxylic acids is 2. The number of esters is 1. The molecule has 30 heavy (non-hydrogen) atoms. The normalized spacial score (nSPS) is 21.3. The number of ether oxygens (including phenoxy) is 2. The third-order valence-electron chi connectivity index (χ3n) is 5.43. The molecule has 0 N–H and O–H groups in total. The van der Waals surface area contributed by atoms with Crippen molar-refractivity contribution < 1.29 is 23.9 Å². The van der Waals surface area contributed by atoms with Gasteiger partial charge in [0.2, 0.25) is 0 Å². The molecule has 1 heterocycles. The third-order valence-corrected chi connectivity index (χ3v) is 6.18. The van der Waals surface area contributed by atoms with E-state index in [1.54, 1.807) is 0 Å². The number of oxime groups is 1. The van der Waals surface area contributed by atoms with Gasteiger partial charge in [0.25, 0.3) is 0 Å². The summed E-state index contributed by atoms with van der Waals surface area (Å²) in [6, 6.07) is 4.06. The summed E-state index contributed by atoms with van der Waals surface area (Å²) in [6.45, 7) is 9.80. The molecule has 1 saturated carbocycles. The van der Waals surface area contributed by atoms with Gasteiger partial charge in [0.05, 0.1) is 5.71 Å². The van der Waals surface area contributed by atoms with Gasteiger partial charge in [-0.2, -0.15) is 0 Å². The average molecular weight is 432 g/mol. The van der Waals surface area contributed by atoms with Crippen LogP contribution in [0.4, 0.5) is 4.79 Å². The van der Waals surface area contributed by atoms with Crippen LogP contribution in [0.1, 0.15) is 61.8 Å². The summed E-state index contributed by atoms with van der Waals surface area (Å²) in [5.41, 5.74) is 4.15. The SMILES string of the molecule is CON=C1CCC2(CC1)OC(=O)C(c1c(C)cc(C)cc1C)=C2OC(=O)SC(C)C. The number of hydrogen-bond donors (Lipinski definition) is 0. The highest BCUT2D eigenvalue weighted by Gasteiger charge is 2.52.